The fourth-order valence-corrected chi connectivity index (χ4v) is 6.28. The van der Waals surface area contributed by atoms with Gasteiger partial charge in [0.1, 0.15) is 0 Å². The van der Waals surface area contributed by atoms with Crippen molar-refractivity contribution >= 4 is 33.0 Å². The van der Waals surface area contributed by atoms with Crippen LogP contribution in [0.1, 0.15) is 83.7 Å². The monoisotopic (exact) mass is 511 g/mol. The first-order valence-electron chi connectivity index (χ1n) is 13.0. The van der Waals surface area contributed by atoms with Crippen LogP contribution in [0.15, 0.2) is 35.5 Å². The molecule has 3 aromatic rings. The summed E-state index contributed by atoms with van der Waals surface area (Å²) in [5, 5.41) is 3.44. The molecule has 0 aliphatic heterocycles. The number of fused-ring (bicyclic) bond motifs is 1. The first kappa shape index (κ1) is 25.0. The number of hydrogen-bond acceptors (Lipinski definition) is 7. The van der Waals surface area contributed by atoms with E-state index in [1.807, 2.05) is 12.1 Å². The Morgan fingerprint density at radius 1 is 0.972 bits per heavy atom. The second-order valence-electron chi connectivity index (χ2n) is 11.3. The van der Waals surface area contributed by atoms with Gasteiger partial charge in [-0.3, -0.25) is 4.72 Å². The van der Waals surface area contributed by atoms with Crippen LogP contribution in [0, 0.1) is 0 Å². The van der Waals surface area contributed by atoms with Gasteiger partial charge in [0.05, 0.1) is 11.2 Å². The molecule has 0 bridgehead atoms. The minimum atomic E-state index is -3.87. The summed E-state index contributed by atoms with van der Waals surface area (Å²) in [4.78, 5) is 14.1. The van der Waals surface area contributed by atoms with Crippen molar-refractivity contribution < 1.29 is 8.42 Å². The molecule has 1 aromatic carbocycles. The summed E-state index contributed by atoms with van der Waals surface area (Å²) < 4.78 is 31.5. The van der Waals surface area contributed by atoms with E-state index in [-0.39, 0.29) is 28.2 Å². The molecule has 0 saturated heterocycles. The Morgan fingerprint density at radius 2 is 1.64 bits per heavy atom. The van der Waals surface area contributed by atoms with Crippen molar-refractivity contribution in [3.8, 4) is 0 Å². The number of imidazole rings is 1. The van der Waals surface area contributed by atoms with Crippen LogP contribution >= 0.6 is 0 Å². The molecule has 10 heteroatoms. The number of nitrogens with two attached hydrogens (primary N) is 1. The summed E-state index contributed by atoms with van der Waals surface area (Å²) in [6.45, 7) is 6.30. The second kappa shape index (κ2) is 9.63. The van der Waals surface area contributed by atoms with Crippen molar-refractivity contribution in [1.29, 1.82) is 0 Å². The highest BCUT2D eigenvalue weighted by Crippen LogP contribution is 2.34. The first-order valence-corrected chi connectivity index (χ1v) is 14.5. The van der Waals surface area contributed by atoms with Gasteiger partial charge in [-0.05, 0) is 61.6 Å². The van der Waals surface area contributed by atoms with Gasteiger partial charge in [0.2, 0.25) is 5.95 Å². The number of nitrogens with one attached hydrogen (secondary N) is 2. The van der Waals surface area contributed by atoms with Gasteiger partial charge in [-0.2, -0.15) is 9.97 Å². The molecule has 9 nitrogen and oxygen atoms in total. The minimum Gasteiger partial charge on any atom is -0.351 e. The van der Waals surface area contributed by atoms with Crippen LogP contribution in [-0.2, 0) is 15.4 Å². The van der Waals surface area contributed by atoms with E-state index in [0.717, 1.165) is 44.1 Å². The lowest BCUT2D eigenvalue weighted by atomic mass is 9.87. The van der Waals surface area contributed by atoms with Gasteiger partial charge in [0.15, 0.2) is 17.0 Å². The lowest BCUT2D eigenvalue weighted by Gasteiger charge is -2.27. The highest BCUT2D eigenvalue weighted by atomic mass is 32.2. The Hall–Kier alpha value is -2.72. The summed E-state index contributed by atoms with van der Waals surface area (Å²) in [6, 6.07) is 7.77. The molecule has 4 N–H and O–H groups in total. The molecular formula is C26H37N7O2S. The van der Waals surface area contributed by atoms with Crippen LogP contribution in [0.2, 0.25) is 0 Å². The zero-order valence-electron chi connectivity index (χ0n) is 21.4. The molecule has 0 unspecified atom stereocenters. The SMILES string of the molecule is CC(C)(C)c1ccc(S(=O)(=O)Nc2nc(N[C@H]3CC[C@H](N)CC3)nc3c2ncn3C2CCCC2)cc1. The normalized spacial score (nSPS) is 21.7. The number of anilines is 2. The van der Waals surface area contributed by atoms with Crippen LogP contribution in [0.4, 0.5) is 11.8 Å². The zero-order chi connectivity index (χ0) is 25.5. The molecular weight excluding hydrogens is 474 g/mol. The van der Waals surface area contributed by atoms with E-state index in [2.05, 4.69) is 45.3 Å². The average Bonchev–Trinajstić information content (AvgIpc) is 3.50. The quantitative estimate of drug-likeness (QED) is 0.437. The molecule has 2 saturated carbocycles. The van der Waals surface area contributed by atoms with E-state index >= 15 is 0 Å². The van der Waals surface area contributed by atoms with Crippen LogP contribution in [0.5, 0.6) is 0 Å². The van der Waals surface area contributed by atoms with Crippen molar-refractivity contribution in [1.82, 2.24) is 19.5 Å². The molecule has 0 amide bonds. The van der Waals surface area contributed by atoms with Crippen molar-refractivity contribution in [3.63, 3.8) is 0 Å². The molecule has 0 spiro atoms. The summed E-state index contributed by atoms with van der Waals surface area (Å²) in [5.41, 5.74) is 8.21. The fraction of sp³-hybridized carbons (Fsp3) is 0.577. The van der Waals surface area contributed by atoms with E-state index in [4.69, 9.17) is 10.7 Å². The lowest BCUT2D eigenvalue weighted by molar-refractivity contribution is 0.410. The number of aromatic nitrogens is 4. The molecule has 2 aromatic heterocycles. The summed E-state index contributed by atoms with van der Waals surface area (Å²) in [6.07, 6.45) is 10.0. The van der Waals surface area contributed by atoms with Crippen LogP contribution in [0.3, 0.4) is 0 Å². The minimum absolute atomic E-state index is 0.0643. The van der Waals surface area contributed by atoms with Gasteiger partial charge in [0.25, 0.3) is 10.0 Å². The Balaban J connectivity index is 1.49. The first-order chi connectivity index (χ1) is 17.1. The largest absolute Gasteiger partial charge is 0.351 e. The smallest absolute Gasteiger partial charge is 0.263 e. The van der Waals surface area contributed by atoms with Gasteiger partial charge < -0.3 is 15.6 Å². The van der Waals surface area contributed by atoms with Crippen molar-refractivity contribution in [2.24, 2.45) is 5.73 Å². The van der Waals surface area contributed by atoms with Crippen molar-refractivity contribution in [3.05, 3.63) is 36.2 Å². The molecule has 2 heterocycles. The van der Waals surface area contributed by atoms with Crippen molar-refractivity contribution in [2.75, 3.05) is 10.0 Å². The third-order valence-electron chi connectivity index (χ3n) is 7.51. The predicted octanol–water partition coefficient (Wildman–Crippen LogP) is 4.72. The second-order valence-corrected chi connectivity index (χ2v) is 13.0. The Kier molecular flexibility index (Phi) is 6.67. The Labute approximate surface area is 213 Å². The number of rotatable bonds is 6. The summed E-state index contributed by atoms with van der Waals surface area (Å²) in [5.74, 6) is 0.621. The van der Waals surface area contributed by atoms with E-state index < -0.39 is 10.0 Å². The van der Waals surface area contributed by atoms with Gasteiger partial charge >= 0.3 is 0 Å². The van der Waals surface area contributed by atoms with E-state index in [0.29, 0.717) is 23.2 Å². The molecule has 5 rings (SSSR count). The summed E-state index contributed by atoms with van der Waals surface area (Å²) >= 11 is 0. The van der Waals surface area contributed by atoms with E-state index in [9.17, 15) is 8.42 Å². The molecule has 2 aliphatic carbocycles. The predicted molar refractivity (Wildman–Crippen MR) is 143 cm³/mol. The Bertz CT molecular complexity index is 1310. The molecule has 36 heavy (non-hydrogen) atoms. The number of benzene rings is 1. The lowest BCUT2D eigenvalue weighted by Crippen LogP contribution is -2.33. The van der Waals surface area contributed by atoms with Gasteiger partial charge in [0, 0.05) is 18.1 Å². The van der Waals surface area contributed by atoms with E-state index in [1.54, 1.807) is 18.5 Å². The van der Waals surface area contributed by atoms with Crippen LogP contribution < -0.4 is 15.8 Å². The van der Waals surface area contributed by atoms with Gasteiger partial charge in [-0.25, -0.2) is 13.4 Å². The van der Waals surface area contributed by atoms with E-state index in [1.165, 1.54) is 12.8 Å². The number of hydrogen-bond donors (Lipinski definition) is 3. The Morgan fingerprint density at radius 3 is 2.28 bits per heavy atom. The fourth-order valence-electron chi connectivity index (χ4n) is 5.27. The van der Waals surface area contributed by atoms with Gasteiger partial charge in [-0.15, -0.1) is 0 Å². The van der Waals surface area contributed by atoms with Crippen LogP contribution in [0.25, 0.3) is 11.2 Å². The molecule has 2 aliphatic rings. The highest BCUT2D eigenvalue weighted by molar-refractivity contribution is 7.92. The number of sulfonamides is 1. The number of nitrogens with zero attached hydrogens (tertiary/aromatic N) is 4. The molecule has 0 radical (unpaired) electrons. The standard InChI is InChI=1S/C26H37N7O2S/c1-26(2,3)17-8-14-21(15-9-17)36(34,35)32-23-22-24(33(16-28-22)20-6-4-5-7-20)31-25(30-23)29-19-12-10-18(27)11-13-19/h8-9,14-16,18-20H,4-7,10-13,27H2,1-3H3,(H2,29,30,31,32)/t18-,19-. The van der Waals surface area contributed by atoms with Gasteiger partial charge in [-0.1, -0.05) is 45.7 Å². The molecule has 0 atom stereocenters. The highest BCUT2D eigenvalue weighted by Gasteiger charge is 2.26. The zero-order valence-corrected chi connectivity index (χ0v) is 22.2. The topological polar surface area (TPSA) is 128 Å². The average molecular weight is 512 g/mol. The maximum absolute atomic E-state index is 13.4. The maximum Gasteiger partial charge on any atom is 0.263 e. The van der Waals surface area contributed by atoms with Crippen LogP contribution in [-0.4, -0.2) is 40.0 Å². The summed E-state index contributed by atoms with van der Waals surface area (Å²) in [7, 11) is -3.87. The third kappa shape index (κ3) is 5.20. The third-order valence-corrected chi connectivity index (χ3v) is 8.86. The van der Waals surface area contributed by atoms with Crippen molar-refractivity contribution in [2.45, 2.75) is 101 Å². The maximum atomic E-state index is 13.4. The molecule has 194 valence electrons. The molecule has 2 fully saturated rings.